The molecule has 0 aliphatic carbocycles. The summed E-state index contributed by atoms with van der Waals surface area (Å²) >= 11 is 0. The topological polar surface area (TPSA) is 30.7 Å². The van der Waals surface area contributed by atoms with Crippen molar-refractivity contribution in [2.24, 2.45) is 0 Å². The SMILES string of the molecule is Cc1nc(-c2ccccc2)nn1-c1cc(-c2ccccc2)cc(-c2ccccc2)c1. The van der Waals surface area contributed by atoms with E-state index in [-0.39, 0.29) is 0 Å². The van der Waals surface area contributed by atoms with E-state index in [0.29, 0.717) is 0 Å². The molecular formula is C27H21N3. The minimum absolute atomic E-state index is 0.736. The van der Waals surface area contributed by atoms with E-state index in [9.17, 15) is 0 Å². The molecule has 0 bridgehead atoms. The van der Waals surface area contributed by atoms with E-state index in [1.165, 1.54) is 11.1 Å². The van der Waals surface area contributed by atoms with Crippen LogP contribution < -0.4 is 0 Å². The van der Waals surface area contributed by atoms with Gasteiger partial charge in [-0.05, 0) is 47.4 Å². The fourth-order valence-corrected chi connectivity index (χ4v) is 3.67. The normalized spacial score (nSPS) is 10.8. The molecule has 0 aliphatic rings. The quantitative estimate of drug-likeness (QED) is 0.349. The summed E-state index contributed by atoms with van der Waals surface area (Å²) in [5.74, 6) is 1.59. The summed E-state index contributed by atoms with van der Waals surface area (Å²) in [5, 5.41) is 4.83. The van der Waals surface area contributed by atoms with Gasteiger partial charge >= 0.3 is 0 Å². The fraction of sp³-hybridized carbons (Fsp3) is 0.0370. The van der Waals surface area contributed by atoms with Gasteiger partial charge in [-0.25, -0.2) is 9.67 Å². The summed E-state index contributed by atoms with van der Waals surface area (Å²) in [5.41, 5.74) is 6.69. The Kier molecular flexibility index (Phi) is 4.70. The summed E-state index contributed by atoms with van der Waals surface area (Å²) < 4.78 is 1.93. The molecule has 0 saturated carbocycles. The zero-order chi connectivity index (χ0) is 20.3. The fourth-order valence-electron chi connectivity index (χ4n) is 3.67. The summed E-state index contributed by atoms with van der Waals surface area (Å²) in [6, 6.07) is 37.6. The predicted molar refractivity (Wildman–Crippen MR) is 122 cm³/mol. The maximum absolute atomic E-state index is 4.83. The van der Waals surface area contributed by atoms with Crippen molar-refractivity contribution in [1.82, 2.24) is 14.8 Å². The number of nitrogens with zero attached hydrogens (tertiary/aromatic N) is 3. The largest absolute Gasteiger partial charge is 0.217 e. The molecule has 4 aromatic carbocycles. The Morgan fingerprint density at radius 3 is 1.50 bits per heavy atom. The highest BCUT2D eigenvalue weighted by molar-refractivity contribution is 5.76. The van der Waals surface area contributed by atoms with Crippen LogP contribution in [0.25, 0.3) is 39.3 Å². The lowest BCUT2D eigenvalue weighted by Crippen LogP contribution is -2.00. The van der Waals surface area contributed by atoms with E-state index < -0.39 is 0 Å². The maximum atomic E-state index is 4.83. The summed E-state index contributed by atoms with van der Waals surface area (Å²) in [6.45, 7) is 2.00. The van der Waals surface area contributed by atoms with Gasteiger partial charge in [-0.15, -0.1) is 5.10 Å². The van der Waals surface area contributed by atoms with Gasteiger partial charge in [-0.3, -0.25) is 0 Å². The minimum atomic E-state index is 0.736. The van der Waals surface area contributed by atoms with Crippen LogP contribution in [-0.2, 0) is 0 Å². The second-order valence-electron chi connectivity index (χ2n) is 7.26. The van der Waals surface area contributed by atoms with E-state index in [4.69, 9.17) is 10.1 Å². The first-order chi connectivity index (χ1) is 14.8. The van der Waals surface area contributed by atoms with Crippen molar-refractivity contribution in [3.8, 4) is 39.3 Å². The lowest BCUT2D eigenvalue weighted by Gasteiger charge is -2.11. The van der Waals surface area contributed by atoms with E-state index >= 15 is 0 Å². The molecule has 0 radical (unpaired) electrons. The molecular weight excluding hydrogens is 366 g/mol. The van der Waals surface area contributed by atoms with Gasteiger partial charge in [0, 0.05) is 5.56 Å². The first-order valence-corrected chi connectivity index (χ1v) is 10.0. The number of hydrogen-bond donors (Lipinski definition) is 0. The highest BCUT2D eigenvalue weighted by Gasteiger charge is 2.12. The number of benzene rings is 4. The number of aryl methyl sites for hydroxylation is 1. The molecule has 0 saturated heterocycles. The Labute approximate surface area is 176 Å². The van der Waals surface area contributed by atoms with Gasteiger partial charge in [-0.2, -0.15) is 0 Å². The van der Waals surface area contributed by atoms with Crippen LogP contribution in [0.2, 0.25) is 0 Å². The van der Waals surface area contributed by atoms with Crippen LogP contribution in [0.15, 0.2) is 109 Å². The molecule has 3 nitrogen and oxygen atoms in total. The first-order valence-electron chi connectivity index (χ1n) is 10.0. The number of aromatic nitrogens is 3. The number of hydrogen-bond acceptors (Lipinski definition) is 2. The van der Waals surface area contributed by atoms with Gasteiger partial charge in [0.25, 0.3) is 0 Å². The van der Waals surface area contributed by atoms with E-state index in [1.807, 2.05) is 54.1 Å². The van der Waals surface area contributed by atoms with Gasteiger partial charge in [-0.1, -0.05) is 91.0 Å². The van der Waals surface area contributed by atoms with Crippen LogP contribution in [0.4, 0.5) is 0 Å². The first kappa shape index (κ1) is 18.1. The van der Waals surface area contributed by atoms with E-state index in [1.54, 1.807) is 0 Å². The third kappa shape index (κ3) is 3.53. The highest BCUT2D eigenvalue weighted by atomic mass is 15.3. The second kappa shape index (κ2) is 7.80. The minimum Gasteiger partial charge on any atom is -0.217 e. The average Bonchev–Trinajstić information content (AvgIpc) is 3.22. The lowest BCUT2D eigenvalue weighted by molar-refractivity contribution is 0.843. The van der Waals surface area contributed by atoms with Gasteiger partial charge in [0.15, 0.2) is 5.82 Å². The molecule has 0 aliphatic heterocycles. The molecule has 1 aromatic heterocycles. The van der Waals surface area contributed by atoms with Gasteiger partial charge in [0.1, 0.15) is 5.82 Å². The zero-order valence-electron chi connectivity index (χ0n) is 16.7. The standard InChI is InChI=1S/C27H21N3/c1-20-28-27(23-15-9-4-10-16-23)29-30(20)26-18-24(21-11-5-2-6-12-21)17-25(19-26)22-13-7-3-8-14-22/h2-19H,1H3. The van der Waals surface area contributed by atoms with Gasteiger partial charge in [0.05, 0.1) is 5.69 Å². The van der Waals surface area contributed by atoms with Crippen LogP contribution in [0.3, 0.4) is 0 Å². The zero-order valence-corrected chi connectivity index (χ0v) is 16.7. The molecule has 0 spiro atoms. The molecule has 0 atom stereocenters. The molecule has 3 heteroatoms. The molecule has 1 heterocycles. The Balaban J connectivity index is 1.68. The Morgan fingerprint density at radius 1 is 0.533 bits per heavy atom. The van der Waals surface area contributed by atoms with Crippen LogP contribution >= 0.6 is 0 Å². The van der Waals surface area contributed by atoms with E-state index in [0.717, 1.165) is 34.0 Å². The molecule has 0 N–H and O–H groups in total. The Morgan fingerprint density at radius 2 is 1.00 bits per heavy atom. The molecule has 0 amide bonds. The second-order valence-corrected chi connectivity index (χ2v) is 7.26. The van der Waals surface area contributed by atoms with Crippen molar-refractivity contribution >= 4 is 0 Å². The molecule has 5 aromatic rings. The van der Waals surface area contributed by atoms with Gasteiger partial charge < -0.3 is 0 Å². The van der Waals surface area contributed by atoms with Crippen LogP contribution in [0.5, 0.6) is 0 Å². The Bertz CT molecular complexity index is 1220. The lowest BCUT2D eigenvalue weighted by atomic mass is 9.98. The predicted octanol–water partition coefficient (Wildman–Crippen LogP) is 6.58. The third-order valence-corrected chi connectivity index (χ3v) is 5.18. The third-order valence-electron chi connectivity index (χ3n) is 5.18. The molecule has 30 heavy (non-hydrogen) atoms. The van der Waals surface area contributed by atoms with Crippen molar-refractivity contribution in [3.05, 3.63) is 115 Å². The summed E-state index contributed by atoms with van der Waals surface area (Å²) in [6.07, 6.45) is 0. The Hall–Kier alpha value is -3.98. The van der Waals surface area contributed by atoms with Crippen molar-refractivity contribution < 1.29 is 0 Å². The summed E-state index contributed by atoms with van der Waals surface area (Å²) in [4.78, 5) is 4.71. The maximum Gasteiger partial charge on any atom is 0.181 e. The molecule has 0 unspecified atom stereocenters. The monoisotopic (exact) mass is 387 g/mol. The molecule has 5 rings (SSSR count). The van der Waals surface area contributed by atoms with Crippen molar-refractivity contribution in [3.63, 3.8) is 0 Å². The highest BCUT2D eigenvalue weighted by Crippen LogP contribution is 2.30. The smallest absolute Gasteiger partial charge is 0.181 e. The van der Waals surface area contributed by atoms with Gasteiger partial charge in [0.2, 0.25) is 0 Å². The van der Waals surface area contributed by atoms with Crippen LogP contribution in [0, 0.1) is 6.92 Å². The van der Waals surface area contributed by atoms with E-state index in [2.05, 4.69) is 66.7 Å². The van der Waals surface area contributed by atoms with Crippen molar-refractivity contribution in [2.75, 3.05) is 0 Å². The number of rotatable bonds is 4. The van der Waals surface area contributed by atoms with Crippen molar-refractivity contribution in [2.45, 2.75) is 6.92 Å². The van der Waals surface area contributed by atoms with Crippen LogP contribution in [0.1, 0.15) is 5.82 Å². The average molecular weight is 387 g/mol. The van der Waals surface area contributed by atoms with Crippen LogP contribution in [-0.4, -0.2) is 14.8 Å². The molecule has 144 valence electrons. The summed E-state index contributed by atoms with van der Waals surface area (Å²) in [7, 11) is 0. The van der Waals surface area contributed by atoms with Crippen molar-refractivity contribution in [1.29, 1.82) is 0 Å². The molecule has 0 fully saturated rings.